The van der Waals surface area contributed by atoms with Gasteiger partial charge in [-0.3, -0.25) is 9.59 Å². The first-order valence-corrected chi connectivity index (χ1v) is 9.66. The van der Waals surface area contributed by atoms with Crippen LogP contribution in [0, 0.1) is 20.8 Å². The summed E-state index contributed by atoms with van der Waals surface area (Å²) < 4.78 is 6.89. The number of rotatable bonds is 6. The van der Waals surface area contributed by atoms with Gasteiger partial charge in [0.25, 0.3) is 5.91 Å². The van der Waals surface area contributed by atoms with Crippen LogP contribution >= 0.6 is 15.9 Å². The maximum absolute atomic E-state index is 12.6. The van der Waals surface area contributed by atoms with Crippen LogP contribution in [0.1, 0.15) is 37.0 Å². The molecule has 0 saturated carbocycles. The van der Waals surface area contributed by atoms with Crippen LogP contribution in [0.3, 0.4) is 0 Å². The quantitative estimate of drug-likeness (QED) is 0.664. The zero-order valence-corrected chi connectivity index (χ0v) is 17.9. The van der Waals surface area contributed by atoms with Crippen molar-refractivity contribution in [3.05, 3.63) is 51.5 Å². The third kappa shape index (κ3) is 5.32. The number of hydrogen-bond donors (Lipinski definition) is 2. The summed E-state index contributed by atoms with van der Waals surface area (Å²) in [6.45, 7) is 9.26. The molecular weight excluding hydrogens is 408 g/mol. The average Bonchev–Trinajstić information content (AvgIpc) is 2.61. The van der Waals surface area contributed by atoms with Gasteiger partial charge in [-0.05, 0) is 68.7 Å². The number of nitrogens with one attached hydrogen (secondary N) is 2. The standard InChI is InChI=1S/C21H25BrN2O3/c1-6-19(25)23-17-8-7-9-18(14(17)4)24-21(26)15(5)27-20-12(2)10-16(22)11-13(20)3/h7-11,15H,6H2,1-5H3,(H,23,25)(H,24,26). The molecule has 0 radical (unpaired) electrons. The third-order valence-corrected chi connectivity index (χ3v) is 4.73. The van der Waals surface area contributed by atoms with Gasteiger partial charge in [0.2, 0.25) is 5.91 Å². The van der Waals surface area contributed by atoms with Gasteiger partial charge in [-0.15, -0.1) is 0 Å². The highest BCUT2D eigenvalue weighted by molar-refractivity contribution is 9.10. The predicted molar refractivity (Wildman–Crippen MR) is 112 cm³/mol. The number of amides is 2. The molecule has 0 heterocycles. The first-order valence-electron chi connectivity index (χ1n) is 8.86. The third-order valence-electron chi connectivity index (χ3n) is 4.28. The van der Waals surface area contributed by atoms with E-state index in [0.29, 0.717) is 23.5 Å². The number of carbonyl (C=O) groups is 2. The second-order valence-corrected chi connectivity index (χ2v) is 7.41. The van der Waals surface area contributed by atoms with Crippen LogP contribution in [0.4, 0.5) is 11.4 Å². The summed E-state index contributed by atoms with van der Waals surface area (Å²) in [5.41, 5.74) is 4.06. The van der Waals surface area contributed by atoms with Crippen LogP contribution in [0.15, 0.2) is 34.8 Å². The number of ether oxygens (including phenoxy) is 1. The fourth-order valence-electron chi connectivity index (χ4n) is 2.69. The summed E-state index contributed by atoms with van der Waals surface area (Å²) in [4.78, 5) is 24.3. The molecule has 0 aliphatic rings. The Bertz CT molecular complexity index is 841. The molecule has 144 valence electrons. The average molecular weight is 433 g/mol. The van der Waals surface area contributed by atoms with Crippen molar-refractivity contribution >= 4 is 39.1 Å². The Labute approximate surface area is 168 Å². The Morgan fingerprint density at radius 3 is 2.19 bits per heavy atom. The topological polar surface area (TPSA) is 67.4 Å². The highest BCUT2D eigenvalue weighted by Gasteiger charge is 2.19. The van der Waals surface area contributed by atoms with Crippen molar-refractivity contribution in [1.82, 2.24) is 0 Å². The number of carbonyl (C=O) groups excluding carboxylic acids is 2. The maximum Gasteiger partial charge on any atom is 0.265 e. The van der Waals surface area contributed by atoms with Crippen molar-refractivity contribution in [2.24, 2.45) is 0 Å². The molecular formula is C21H25BrN2O3. The fourth-order valence-corrected chi connectivity index (χ4v) is 3.38. The summed E-state index contributed by atoms with van der Waals surface area (Å²) in [7, 11) is 0. The predicted octanol–water partition coefficient (Wildman–Crippen LogP) is 5.13. The lowest BCUT2D eigenvalue weighted by Gasteiger charge is -2.19. The lowest BCUT2D eigenvalue weighted by atomic mass is 10.1. The van der Waals surface area contributed by atoms with Gasteiger partial charge in [0.05, 0.1) is 0 Å². The van der Waals surface area contributed by atoms with Crippen LogP contribution in [-0.2, 0) is 9.59 Å². The molecule has 1 atom stereocenters. The minimum Gasteiger partial charge on any atom is -0.480 e. The molecule has 0 spiro atoms. The summed E-state index contributed by atoms with van der Waals surface area (Å²) in [6, 6.07) is 9.32. The molecule has 2 amide bonds. The van der Waals surface area contributed by atoms with Crippen molar-refractivity contribution in [2.75, 3.05) is 10.6 Å². The Balaban J connectivity index is 2.13. The normalized spacial score (nSPS) is 11.6. The first kappa shape index (κ1) is 21.0. The van der Waals surface area contributed by atoms with Crippen molar-refractivity contribution in [1.29, 1.82) is 0 Å². The van der Waals surface area contributed by atoms with Gasteiger partial charge < -0.3 is 15.4 Å². The Morgan fingerprint density at radius 1 is 1.07 bits per heavy atom. The lowest BCUT2D eigenvalue weighted by Crippen LogP contribution is -2.31. The van der Waals surface area contributed by atoms with E-state index in [0.717, 1.165) is 21.2 Å². The van der Waals surface area contributed by atoms with Gasteiger partial charge in [-0.25, -0.2) is 0 Å². The van der Waals surface area contributed by atoms with E-state index in [4.69, 9.17) is 4.74 Å². The molecule has 2 aromatic rings. The minimum absolute atomic E-state index is 0.0699. The lowest BCUT2D eigenvalue weighted by molar-refractivity contribution is -0.122. The van der Waals surface area contributed by atoms with Gasteiger partial charge in [-0.1, -0.05) is 28.9 Å². The Hall–Kier alpha value is -2.34. The molecule has 2 aromatic carbocycles. The summed E-state index contributed by atoms with van der Waals surface area (Å²) in [6.07, 6.45) is -0.274. The van der Waals surface area contributed by atoms with Crippen LogP contribution in [0.25, 0.3) is 0 Å². The molecule has 0 saturated heterocycles. The Morgan fingerprint density at radius 2 is 1.63 bits per heavy atom. The van der Waals surface area contributed by atoms with E-state index >= 15 is 0 Å². The number of benzene rings is 2. The molecule has 0 bridgehead atoms. The van der Waals surface area contributed by atoms with E-state index in [9.17, 15) is 9.59 Å². The summed E-state index contributed by atoms with van der Waals surface area (Å²) >= 11 is 3.46. The molecule has 2 rings (SSSR count). The number of halogens is 1. The van der Waals surface area contributed by atoms with Gasteiger partial charge in [0, 0.05) is 22.3 Å². The van der Waals surface area contributed by atoms with Crippen LogP contribution in [0.2, 0.25) is 0 Å². The van der Waals surface area contributed by atoms with E-state index in [1.54, 1.807) is 26.0 Å². The minimum atomic E-state index is -0.670. The van der Waals surface area contributed by atoms with E-state index in [2.05, 4.69) is 26.6 Å². The van der Waals surface area contributed by atoms with Gasteiger partial charge in [0.15, 0.2) is 6.10 Å². The SMILES string of the molecule is CCC(=O)Nc1cccc(NC(=O)C(C)Oc2c(C)cc(Br)cc2C)c1C. The van der Waals surface area contributed by atoms with E-state index in [1.807, 2.05) is 39.0 Å². The molecule has 6 heteroatoms. The first-order chi connectivity index (χ1) is 12.7. The molecule has 0 aliphatic carbocycles. The molecule has 0 aliphatic heterocycles. The van der Waals surface area contributed by atoms with Crippen molar-refractivity contribution in [3.8, 4) is 5.75 Å². The van der Waals surface area contributed by atoms with Crippen LogP contribution in [0.5, 0.6) is 5.75 Å². The molecule has 5 nitrogen and oxygen atoms in total. The molecule has 27 heavy (non-hydrogen) atoms. The van der Waals surface area contributed by atoms with Crippen molar-refractivity contribution in [2.45, 2.75) is 47.1 Å². The zero-order valence-electron chi connectivity index (χ0n) is 16.3. The maximum atomic E-state index is 12.6. The molecule has 1 unspecified atom stereocenters. The second-order valence-electron chi connectivity index (χ2n) is 6.50. The van der Waals surface area contributed by atoms with Crippen molar-refractivity contribution < 1.29 is 14.3 Å². The number of aryl methyl sites for hydroxylation is 2. The highest BCUT2D eigenvalue weighted by atomic mass is 79.9. The van der Waals surface area contributed by atoms with Crippen LogP contribution < -0.4 is 15.4 Å². The largest absolute Gasteiger partial charge is 0.480 e. The smallest absolute Gasteiger partial charge is 0.265 e. The highest BCUT2D eigenvalue weighted by Crippen LogP contribution is 2.29. The number of anilines is 2. The van der Waals surface area contributed by atoms with E-state index in [1.165, 1.54) is 0 Å². The summed E-state index contributed by atoms with van der Waals surface area (Å²) in [5, 5.41) is 5.72. The van der Waals surface area contributed by atoms with Gasteiger partial charge in [-0.2, -0.15) is 0 Å². The Kier molecular flexibility index (Phi) is 7.02. The zero-order chi connectivity index (χ0) is 20.1. The fraction of sp³-hybridized carbons (Fsp3) is 0.333. The van der Waals surface area contributed by atoms with Crippen LogP contribution in [-0.4, -0.2) is 17.9 Å². The molecule has 2 N–H and O–H groups in total. The van der Waals surface area contributed by atoms with E-state index in [-0.39, 0.29) is 11.8 Å². The monoisotopic (exact) mass is 432 g/mol. The molecule has 0 aromatic heterocycles. The second kappa shape index (κ2) is 9.04. The van der Waals surface area contributed by atoms with E-state index < -0.39 is 6.10 Å². The summed E-state index contributed by atoms with van der Waals surface area (Å²) in [5.74, 6) is 0.389. The van der Waals surface area contributed by atoms with Crippen molar-refractivity contribution in [3.63, 3.8) is 0 Å². The van der Waals surface area contributed by atoms with Gasteiger partial charge >= 0.3 is 0 Å². The number of hydrogen-bond acceptors (Lipinski definition) is 3. The van der Waals surface area contributed by atoms with Gasteiger partial charge in [0.1, 0.15) is 5.75 Å². The molecule has 0 fully saturated rings.